The van der Waals surface area contributed by atoms with Crippen LogP contribution in [0, 0.1) is 23.8 Å². The standard InChI is InChI=1S/C25H24GeN.C11H20O2.Ir/c1-18-9-8-12-20(15-18)25-17-22(19-10-6-5-7-11-19)23-16-21(26(2,3)4)13-14-24(23)27-25;1-10(2,3)8(12)7-9(13)11(4,5)6;/h5-11,13-17H,1-4H3;7,12H,1-6H3;/q-1;;/b;8-7-;. The molecule has 41 heavy (non-hydrogen) atoms. The van der Waals surface area contributed by atoms with Crippen LogP contribution < -0.4 is 4.40 Å². The second-order valence-corrected chi connectivity index (χ2v) is 24.2. The molecule has 3 nitrogen and oxygen atoms in total. The van der Waals surface area contributed by atoms with Crippen LogP contribution in [-0.4, -0.2) is 29.1 Å². The average molecular weight is 788 g/mol. The van der Waals surface area contributed by atoms with Crippen molar-refractivity contribution in [3.8, 4) is 22.4 Å². The predicted molar refractivity (Wildman–Crippen MR) is 174 cm³/mol. The van der Waals surface area contributed by atoms with Crippen LogP contribution in [0.1, 0.15) is 47.1 Å². The van der Waals surface area contributed by atoms with Crippen molar-refractivity contribution in [2.24, 2.45) is 10.8 Å². The van der Waals surface area contributed by atoms with Gasteiger partial charge in [-0.05, 0) is 0 Å². The molecule has 219 valence electrons. The fourth-order valence-electron chi connectivity index (χ4n) is 3.97. The molecule has 0 spiro atoms. The van der Waals surface area contributed by atoms with Crippen LogP contribution >= 0.6 is 0 Å². The molecule has 0 atom stereocenters. The van der Waals surface area contributed by atoms with Crippen molar-refractivity contribution in [3.05, 3.63) is 96.3 Å². The number of nitrogens with zero attached hydrogens (tertiary/aromatic N) is 1. The number of aromatic nitrogens is 1. The zero-order chi connectivity index (χ0) is 29.9. The van der Waals surface area contributed by atoms with E-state index in [0.717, 1.165) is 16.8 Å². The largest absolute Gasteiger partial charge is 0 e. The Balaban J connectivity index is 0.000000360. The molecule has 0 amide bonds. The number of aliphatic hydroxyl groups is 1. The summed E-state index contributed by atoms with van der Waals surface area (Å²) in [5.74, 6) is 7.42. The molecule has 4 rings (SSSR count). The van der Waals surface area contributed by atoms with Crippen LogP contribution in [0.2, 0.25) is 17.3 Å². The molecule has 0 fully saturated rings. The quantitative estimate of drug-likeness (QED) is 0.0972. The van der Waals surface area contributed by atoms with Crippen molar-refractivity contribution in [3.63, 3.8) is 0 Å². The van der Waals surface area contributed by atoms with Crippen LogP contribution in [0.15, 0.2) is 84.6 Å². The maximum Gasteiger partial charge on any atom is 0 e. The topological polar surface area (TPSA) is 50.2 Å². The molecule has 1 heterocycles. The summed E-state index contributed by atoms with van der Waals surface area (Å²) < 4.78 is 1.51. The summed E-state index contributed by atoms with van der Waals surface area (Å²) in [5.41, 5.74) is 6.03. The van der Waals surface area contributed by atoms with Gasteiger partial charge in [-0.25, -0.2) is 0 Å². The molecule has 0 saturated carbocycles. The Morgan fingerprint density at radius 2 is 1.51 bits per heavy atom. The van der Waals surface area contributed by atoms with Gasteiger partial charge in [0.05, 0.1) is 0 Å². The van der Waals surface area contributed by atoms with Crippen molar-refractivity contribution in [2.75, 3.05) is 0 Å². The van der Waals surface area contributed by atoms with Gasteiger partial charge in [0, 0.05) is 37.0 Å². The van der Waals surface area contributed by atoms with Gasteiger partial charge in [0.25, 0.3) is 0 Å². The molecule has 5 heteroatoms. The number of hydrogen-bond donors (Lipinski definition) is 1. The second-order valence-electron chi connectivity index (χ2n) is 13.6. The minimum Gasteiger partial charge on any atom is 0 e. The van der Waals surface area contributed by atoms with Crippen LogP contribution in [0.4, 0.5) is 0 Å². The molecule has 1 radical (unpaired) electrons. The van der Waals surface area contributed by atoms with Crippen LogP contribution in [0.3, 0.4) is 0 Å². The smallest absolute Gasteiger partial charge is 0 e. The number of carbonyl (C=O) groups excluding carboxylic acids is 1. The average Bonchev–Trinajstić information content (AvgIpc) is 2.87. The van der Waals surface area contributed by atoms with Crippen molar-refractivity contribution in [2.45, 2.75) is 65.7 Å². The first-order chi connectivity index (χ1) is 18.5. The van der Waals surface area contributed by atoms with Gasteiger partial charge in [0.2, 0.25) is 0 Å². The number of allylic oxidation sites excluding steroid dienone is 2. The van der Waals surface area contributed by atoms with Crippen LogP contribution in [-0.2, 0) is 24.9 Å². The summed E-state index contributed by atoms with van der Waals surface area (Å²) in [6.07, 6.45) is 1.33. The van der Waals surface area contributed by atoms with Gasteiger partial charge in [-0.1, -0.05) is 41.5 Å². The number of aryl methyl sites for hydroxylation is 1. The fourth-order valence-corrected chi connectivity index (χ4v) is 6.41. The first-order valence-corrected chi connectivity index (χ1v) is 21.3. The molecule has 0 unspecified atom stereocenters. The summed E-state index contributed by atoms with van der Waals surface area (Å²) in [6.45, 7) is 13.2. The number of benzene rings is 3. The van der Waals surface area contributed by atoms with Gasteiger partial charge in [-0.3, -0.25) is 4.79 Å². The number of ketones is 1. The molecule has 0 aliphatic carbocycles. The maximum atomic E-state index is 11.5. The van der Waals surface area contributed by atoms with Gasteiger partial charge in [0.15, 0.2) is 5.78 Å². The predicted octanol–water partition coefficient (Wildman–Crippen LogP) is 9.31. The Kier molecular flexibility index (Phi) is 11.5. The van der Waals surface area contributed by atoms with E-state index in [9.17, 15) is 9.90 Å². The minimum atomic E-state index is -1.92. The second kappa shape index (κ2) is 13.6. The SMILES string of the molecule is CC(C)(C)C(=O)/C=C(\O)C(C)(C)C.Cc1cc[c-]c(-c2cc(-c3ccccc3)c3c[c]([Ge]([CH3])([CH3])[CH3])ccc3n2)c1.[Ir]. The normalized spacial score (nSPS) is 12.3. The molecular formula is C36H44GeIrNO2-. The Hall–Kier alpha value is -2.53. The van der Waals surface area contributed by atoms with Gasteiger partial charge >= 0.3 is 165 Å². The Morgan fingerprint density at radius 1 is 0.878 bits per heavy atom. The monoisotopic (exact) mass is 789 g/mol. The molecular weight excluding hydrogens is 743 g/mol. The summed E-state index contributed by atoms with van der Waals surface area (Å²) in [7, 11) is 0. The molecule has 1 N–H and O–H groups in total. The number of fused-ring (bicyclic) bond motifs is 1. The van der Waals surface area contributed by atoms with Crippen LogP contribution in [0.5, 0.6) is 0 Å². The summed E-state index contributed by atoms with van der Waals surface area (Å²) in [5, 5.41) is 10.8. The zero-order valence-electron chi connectivity index (χ0n) is 26.1. The van der Waals surface area contributed by atoms with E-state index < -0.39 is 18.7 Å². The van der Waals surface area contributed by atoms with Crippen molar-refractivity contribution >= 4 is 34.3 Å². The molecule has 3 aromatic carbocycles. The number of carbonyl (C=O) groups is 1. The first-order valence-electron chi connectivity index (χ1n) is 13.9. The Labute approximate surface area is 263 Å². The molecule has 0 aliphatic heterocycles. The zero-order valence-corrected chi connectivity index (χ0v) is 30.6. The van der Waals surface area contributed by atoms with Gasteiger partial charge in [-0.2, -0.15) is 0 Å². The van der Waals surface area contributed by atoms with Gasteiger partial charge in [0.1, 0.15) is 5.76 Å². The number of rotatable bonds is 4. The van der Waals surface area contributed by atoms with E-state index in [4.69, 9.17) is 4.98 Å². The summed E-state index contributed by atoms with van der Waals surface area (Å²) >= 11 is -1.92. The molecule has 0 saturated heterocycles. The molecule has 0 aliphatic rings. The Morgan fingerprint density at radius 3 is 2.05 bits per heavy atom. The molecule has 1 aromatic heterocycles. The van der Waals surface area contributed by atoms with Gasteiger partial charge < -0.3 is 5.11 Å². The van der Waals surface area contributed by atoms with E-state index in [-0.39, 0.29) is 37.1 Å². The van der Waals surface area contributed by atoms with Crippen molar-refractivity contribution in [1.29, 1.82) is 0 Å². The van der Waals surface area contributed by atoms with E-state index in [1.807, 2.05) is 47.6 Å². The van der Waals surface area contributed by atoms with Crippen molar-refractivity contribution in [1.82, 2.24) is 4.98 Å². The maximum absolute atomic E-state index is 11.5. The van der Waals surface area contributed by atoms with Crippen LogP contribution in [0.25, 0.3) is 33.3 Å². The Bertz CT molecular complexity index is 1520. The fraction of sp³-hybridized carbons (Fsp3) is 0.333. The van der Waals surface area contributed by atoms with Gasteiger partial charge in [-0.15, -0.1) is 0 Å². The third-order valence-corrected chi connectivity index (χ3v) is 11.1. The summed E-state index contributed by atoms with van der Waals surface area (Å²) in [6, 6.07) is 29.3. The van der Waals surface area contributed by atoms with E-state index in [0.29, 0.717) is 0 Å². The van der Waals surface area contributed by atoms with E-state index >= 15 is 0 Å². The summed E-state index contributed by atoms with van der Waals surface area (Å²) in [4.78, 5) is 16.5. The van der Waals surface area contributed by atoms with E-state index in [1.165, 1.54) is 32.5 Å². The molecule has 0 bridgehead atoms. The number of hydrogen-bond acceptors (Lipinski definition) is 3. The van der Waals surface area contributed by atoms with Crippen molar-refractivity contribution < 1.29 is 30.0 Å². The molecule has 4 aromatic rings. The third kappa shape index (κ3) is 9.49. The number of pyridine rings is 1. The minimum absolute atomic E-state index is 0. The third-order valence-electron chi connectivity index (χ3n) is 6.77. The first kappa shape index (κ1) is 34.7. The van der Waals surface area contributed by atoms with E-state index in [2.05, 4.69) is 97.0 Å². The van der Waals surface area contributed by atoms with E-state index in [1.54, 1.807) is 0 Å². The number of aliphatic hydroxyl groups excluding tert-OH is 1.